The van der Waals surface area contributed by atoms with Crippen LogP contribution in [-0.2, 0) is 0 Å². The highest BCUT2D eigenvalue weighted by atomic mass is 16.5. The van der Waals surface area contributed by atoms with Crippen LogP contribution >= 0.6 is 0 Å². The van der Waals surface area contributed by atoms with E-state index in [1.165, 1.54) is 12.8 Å². The summed E-state index contributed by atoms with van der Waals surface area (Å²) in [6.07, 6.45) is 4.40. The lowest BCUT2D eigenvalue weighted by Crippen LogP contribution is -2.38. The number of nitrogens with one attached hydrogen (secondary N) is 3. The average molecular weight is 365 g/mol. The van der Waals surface area contributed by atoms with Gasteiger partial charge in [0.05, 0.1) is 6.61 Å². The highest BCUT2D eigenvalue weighted by Gasteiger charge is 2.17. The van der Waals surface area contributed by atoms with Crippen LogP contribution in [0.1, 0.15) is 25.3 Å². The number of benzene rings is 1. The fraction of sp³-hybridized carbons (Fsp3) is 0.381. The molecule has 6 nitrogen and oxygen atoms in total. The van der Waals surface area contributed by atoms with Crippen molar-refractivity contribution in [2.24, 2.45) is 0 Å². The normalized spacial score (nSPS) is 17.0. The molecule has 1 aromatic carbocycles. The lowest BCUT2D eigenvalue weighted by atomic mass is 10.1. The molecule has 3 heterocycles. The molecule has 0 bridgehead atoms. The predicted molar refractivity (Wildman–Crippen MR) is 110 cm³/mol. The number of fused-ring (bicyclic) bond motifs is 1. The summed E-state index contributed by atoms with van der Waals surface area (Å²) in [5.74, 6) is 2.86. The second-order valence-corrected chi connectivity index (χ2v) is 6.94. The summed E-state index contributed by atoms with van der Waals surface area (Å²) in [5, 5.41) is 10.6. The fourth-order valence-electron chi connectivity index (χ4n) is 3.54. The molecule has 1 fully saturated rings. The topological polar surface area (TPSA) is 62.6 Å². The van der Waals surface area contributed by atoms with E-state index in [-0.39, 0.29) is 0 Å². The Kier molecular flexibility index (Phi) is 5.16. The molecule has 3 aromatic rings. The molecule has 2 aromatic heterocycles. The Bertz CT molecular complexity index is 897. The van der Waals surface area contributed by atoms with E-state index in [2.05, 4.69) is 27.3 Å². The third-order valence-electron chi connectivity index (χ3n) is 4.97. The standard InChI is InChI=1S/C21H27N5O/c1-3-27-18-10-8-16(9-11-18)24-21-15(2)20(23-17-6-4-12-22-14-17)25-19-7-5-13-26(19)21/h5,7-11,13,17,22,24H,3-4,6,12,14H2,1-2H3,(H,23,25)/t17-/m1/s1. The molecule has 1 saturated heterocycles. The molecule has 0 spiro atoms. The molecular formula is C21H27N5O. The number of nitrogens with zero attached hydrogens (tertiary/aromatic N) is 2. The largest absolute Gasteiger partial charge is 0.494 e. The van der Waals surface area contributed by atoms with Gasteiger partial charge >= 0.3 is 0 Å². The summed E-state index contributed by atoms with van der Waals surface area (Å²) in [4.78, 5) is 4.83. The first kappa shape index (κ1) is 17.7. The van der Waals surface area contributed by atoms with E-state index in [0.29, 0.717) is 12.6 Å². The molecule has 6 heteroatoms. The van der Waals surface area contributed by atoms with Crippen molar-refractivity contribution in [1.82, 2.24) is 14.7 Å². The van der Waals surface area contributed by atoms with Crippen molar-refractivity contribution in [2.45, 2.75) is 32.7 Å². The van der Waals surface area contributed by atoms with Gasteiger partial charge in [0.15, 0.2) is 0 Å². The number of aromatic nitrogens is 2. The first-order valence-corrected chi connectivity index (χ1v) is 9.69. The third-order valence-corrected chi connectivity index (χ3v) is 4.97. The maximum absolute atomic E-state index is 5.54. The van der Waals surface area contributed by atoms with E-state index in [9.17, 15) is 0 Å². The predicted octanol–water partition coefficient (Wildman–Crippen LogP) is 3.95. The monoisotopic (exact) mass is 365 g/mol. The Morgan fingerprint density at radius 1 is 1.26 bits per heavy atom. The van der Waals surface area contributed by atoms with E-state index < -0.39 is 0 Å². The van der Waals surface area contributed by atoms with Gasteiger partial charge in [-0.3, -0.25) is 4.40 Å². The minimum atomic E-state index is 0.417. The van der Waals surface area contributed by atoms with Crippen molar-refractivity contribution in [3.8, 4) is 5.75 Å². The van der Waals surface area contributed by atoms with Crippen LogP contribution in [0.15, 0.2) is 42.6 Å². The second-order valence-electron chi connectivity index (χ2n) is 6.94. The molecule has 1 atom stereocenters. The zero-order valence-corrected chi connectivity index (χ0v) is 16.0. The SMILES string of the molecule is CCOc1ccc(Nc2c(C)c(N[C@@H]3CCCNC3)nc3cccn23)cc1. The lowest BCUT2D eigenvalue weighted by Gasteiger charge is -2.26. The third kappa shape index (κ3) is 3.85. The summed E-state index contributed by atoms with van der Waals surface area (Å²) >= 11 is 0. The first-order valence-electron chi connectivity index (χ1n) is 9.69. The zero-order valence-electron chi connectivity index (χ0n) is 16.0. The smallest absolute Gasteiger partial charge is 0.140 e. The molecule has 0 saturated carbocycles. The molecule has 27 heavy (non-hydrogen) atoms. The highest BCUT2D eigenvalue weighted by Crippen LogP contribution is 2.28. The average Bonchev–Trinajstić information content (AvgIpc) is 3.16. The molecule has 0 amide bonds. The van der Waals surface area contributed by atoms with Gasteiger partial charge in [0.25, 0.3) is 0 Å². The number of piperidine rings is 1. The van der Waals surface area contributed by atoms with Crippen LogP contribution in [-0.4, -0.2) is 35.1 Å². The Labute approximate surface area is 160 Å². The number of hydrogen-bond acceptors (Lipinski definition) is 5. The van der Waals surface area contributed by atoms with Gasteiger partial charge in [0.1, 0.15) is 23.0 Å². The maximum atomic E-state index is 5.54. The molecule has 0 unspecified atom stereocenters. The molecule has 1 aliphatic heterocycles. The fourth-order valence-corrected chi connectivity index (χ4v) is 3.54. The number of anilines is 3. The van der Waals surface area contributed by atoms with Crippen molar-refractivity contribution >= 4 is 23.0 Å². The summed E-state index contributed by atoms with van der Waals surface area (Å²) in [5.41, 5.74) is 3.06. The second kappa shape index (κ2) is 7.88. The van der Waals surface area contributed by atoms with Crippen LogP contribution in [0.5, 0.6) is 5.75 Å². The summed E-state index contributed by atoms with van der Waals surface area (Å²) < 4.78 is 7.63. The van der Waals surface area contributed by atoms with Crippen molar-refractivity contribution < 1.29 is 4.74 Å². The van der Waals surface area contributed by atoms with E-state index in [4.69, 9.17) is 9.72 Å². The minimum Gasteiger partial charge on any atom is -0.494 e. The molecule has 4 rings (SSSR count). The van der Waals surface area contributed by atoms with Gasteiger partial charge in [0.2, 0.25) is 0 Å². The number of ether oxygens (including phenoxy) is 1. The lowest BCUT2D eigenvalue weighted by molar-refractivity contribution is 0.340. The van der Waals surface area contributed by atoms with Crippen molar-refractivity contribution in [1.29, 1.82) is 0 Å². The van der Waals surface area contributed by atoms with Gasteiger partial charge in [-0.1, -0.05) is 0 Å². The quantitative estimate of drug-likeness (QED) is 0.617. The Morgan fingerprint density at radius 2 is 2.11 bits per heavy atom. The Balaban J connectivity index is 1.64. The van der Waals surface area contributed by atoms with Gasteiger partial charge in [0, 0.05) is 30.0 Å². The van der Waals surface area contributed by atoms with Gasteiger partial charge in [-0.25, -0.2) is 4.98 Å². The van der Waals surface area contributed by atoms with Crippen LogP contribution in [0.2, 0.25) is 0 Å². The van der Waals surface area contributed by atoms with E-state index in [1.807, 2.05) is 49.5 Å². The van der Waals surface area contributed by atoms with Gasteiger partial charge < -0.3 is 20.7 Å². The molecule has 0 aliphatic carbocycles. The molecule has 0 radical (unpaired) electrons. The zero-order chi connectivity index (χ0) is 18.6. The molecule has 3 N–H and O–H groups in total. The van der Waals surface area contributed by atoms with Crippen molar-refractivity contribution in [2.75, 3.05) is 30.3 Å². The highest BCUT2D eigenvalue weighted by molar-refractivity contribution is 5.70. The van der Waals surface area contributed by atoms with Crippen LogP contribution in [0.25, 0.3) is 5.65 Å². The molecule has 142 valence electrons. The number of hydrogen-bond donors (Lipinski definition) is 3. The minimum absolute atomic E-state index is 0.417. The van der Waals surface area contributed by atoms with Crippen molar-refractivity contribution in [3.63, 3.8) is 0 Å². The summed E-state index contributed by atoms with van der Waals surface area (Å²) in [6, 6.07) is 12.5. The van der Waals surface area contributed by atoms with Crippen LogP contribution in [0.3, 0.4) is 0 Å². The molecule has 1 aliphatic rings. The summed E-state index contributed by atoms with van der Waals surface area (Å²) in [6.45, 7) is 6.86. The van der Waals surface area contributed by atoms with E-state index >= 15 is 0 Å². The molecular weight excluding hydrogens is 338 g/mol. The van der Waals surface area contributed by atoms with Gasteiger partial charge in [-0.05, 0) is 69.6 Å². The van der Waals surface area contributed by atoms with E-state index in [0.717, 1.165) is 47.4 Å². The maximum Gasteiger partial charge on any atom is 0.140 e. The number of rotatable bonds is 6. The van der Waals surface area contributed by atoms with Gasteiger partial charge in [-0.15, -0.1) is 0 Å². The van der Waals surface area contributed by atoms with Crippen molar-refractivity contribution in [3.05, 3.63) is 48.2 Å². The van der Waals surface area contributed by atoms with Crippen LogP contribution < -0.4 is 20.7 Å². The Hall–Kier alpha value is -2.73. The van der Waals surface area contributed by atoms with Crippen LogP contribution in [0.4, 0.5) is 17.3 Å². The first-order chi connectivity index (χ1) is 13.2. The van der Waals surface area contributed by atoms with Crippen LogP contribution in [0, 0.1) is 6.92 Å². The Morgan fingerprint density at radius 3 is 2.85 bits per heavy atom. The van der Waals surface area contributed by atoms with Gasteiger partial charge in [-0.2, -0.15) is 0 Å². The summed E-state index contributed by atoms with van der Waals surface area (Å²) in [7, 11) is 0. The van der Waals surface area contributed by atoms with E-state index in [1.54, 1.807) is 0 Å².